The fourth-order valence-electron chi connectivity index (χ4n) is 9.56. The molecule has 4 aliphatic heterocycles. The maximum Gasteiger partial charge on any atom is 0.277 e. The highest BCUT2D eigenvalue weighted by Crippen LogP contribution is 2.52. The highest BCUT2D eigenvalue weighted by molar-refractivity contribution is 9.10. The van der Waals surface area contributed by atoms with E-state index in [0.29, 0.717) is 59.4 Å². The molecule has 10 rings (SSSR count). The number of carbonyl (C=O) groups is 6. The van der Waals surface area contributed by atoms with E-state index in [9.17, 15) is 28.8 Å². The molecule has 0 radical (unpaired) electrons. The summed E-state index contributed by atoms with van der Waals surface area (Å²) in [5.41, 5.74) is 9.97. The average Bonchev–Trinajstić information content (AvgIpc) is 3.62. The van der Waals surface area contributed by atoms with Crippen molar-refractivity contribution in [1.29, 1.82) is 0 Å². The quantitative estimate of drug-likeness (QED) is 0.186. The summed E-state index contributed by atoms with van der Waals surface area (Å²) in [5, 5.41) is 0. The number of hydrogen-bond donors (Lipinski definition) is 0. The minimum Gasteiger partial charge on any atom is -0.308 e. The molecule has 12 heteroatoms. The van der Waals surface area contributed by atoms with E-state index >= 15 is 0 Å². The van der Waals surface area contributed by atoms with Crippen LogP contribution in [0.5, 0.6) is 0 Å². The number of halogens is 2. The van der Waals surface area contributed by atoms with Crippen molar-refractivity contribution < 1.29 is 28.8 Å². The summed E-state index contributed by atoms with van der Waals surface area (Å²) < 4.78 is 1.83. The van der Waals surface area contributed by atoms with Crippen molar-refractivity contribution in [3.63, 3.8) is 0 Å². The van der Waals surface area contributed by atoms with Crippen LogP contribution in [0.3, 0.4) is 0 Å². The molecular weight excluding hydrogens is 912 g/mol. The van der Waals surface area contributed by atoms with Crippen molar-refractivity contribution in [1.82, 2.24) is 9.80 Å². The van der Waals surface area contributed by atoms with E-state index in [1.165, 1.54) is 23.9 Å². The van der Waals surface area contributed by atoms with E-state index in [2.05, 4.69) is 31.9 Å². The lowest BCUT2D eigenvalue weighted by Crippen LogP contribution is -2.37. The first-order valence-corrected chi connectivity index (χ1v) is 22.3. The zero-order valence-electron chi connectivity index (χ0n) is 34.6. The Balaban J connectivity index is 0.000000158. The average molecular weight is 955 g/mol. The monoisotopic (exact) mass is 952 g/mol. The van der Waals surface area contributed by atoms with E-state index in [-0.39, 0.29) is 35.2 Å². The Morgan fingerprint density at radius 1 is 0.435 bits per heavy atom. The molecule has 0 aromatic heterocycles. The molecule has 312 valence electrons. The van der Waals surface area contributed by atoms with Crippen LogP contribution in [0, 0.1) is 13.8 Å². The van der Waals surface area contributed by atoms with Gasteiger partial charge in [0.2, 0.25) is 0 Å². The summed E-state index contributed by atoms with van der Waals surface area (Å²) in [6.07, 6.45) is 3.73. The molecule has 2 aliphatic carbocycles. The van der Waals surface area contributed by atoms with Gasteiger partial charge in [-0.25, -0.2) is 0 Å². The van der Waals surface area contributed by atoms with Gasteiger partial charge in [-0.3, -0.25) is 38.6 Å². The second-order valence-corrected chi connectivity index (χ2v) is 18.3. The topological polar surface area (TPSA) is 115 Å². The van der Waals surface area contributed by atoms with Crippen molar-refractivity contribution in [3.05, 3.63) is 173 Å². The Morgan fingerprint density at radius 2 is 0.774 bits per heavy atom. The van der Waals surface area contributed by atoms with Gasteiger partial charge in [0.1, 0.15) is 11.4 Å². The molecule has 10 nitrogen and oxygen atoms in total. The third-order valence-corrected chi connectivity index (χ3v) is 13.6. The minimum absolute atomic E-state index is 0.0512. The molecule has 0 N–H and O–H groups in total. The summed E-state index contributed by atoms with van der Waals surface area (Å²) in [7, 11) is 3.02. The van der Waals surface area contributed by atoms with E-state index in [4.69, 9.17) is 0 Å². The van der Waals surface area contributed by atoms with Crippen LogP contribution in [0.15, 0.2) is 151 Å². The van der Waals surface area contributed by atoms with Gasteiger partial charge in [-0.2, -0.15) is 0 Å². The number of benzene rings is 4. The summed E-state index contributed by atoms with van der Waals surface area (Å²) in [6.45, 7) is 4.00. The number of allylic oxidation sites excluding steroid dienone is 4. The third-order valence-electron chi connectivity index (χ3n) is 12.6. The lowest BCUT2D eigenvalue weighted by atomic mass is 9.74. The largest absolute Gasteiger partial charge is 0.308 e. The first-order valence-electron chi connectivity index (χ1n) is 20.7. The van der Waals surface area contributed by atoms with Gasteiger partial charge < -0.3 is 9.80 Å². The predicted octanol–water partition coefficient (Wildman–Crippen LogP) is 9.24. The number of Topliss-reactive ketones (excluding diaryl/α,β-unsaturated/α-hetero) is 2. The van der Waals surface area contributed by atoms with Crippen LogP contribution in [0.2, 0.25) is 0 Å². The fraction of sp³-hybridized carbons (Fsp3) is 0.240. The van der Waals surface area contributed by atoms with E-state index in [1.54, 1.807) is 0 Å². The highest BCUT2D eigenvalue weighted by atomic mass is 79.9. The first kappa shape index (κ1) is 41.4. The summed E-state index contributed by atoms with van der Waals surface area (Å²) in [5.74, 6) is -2.27. The van der Waals surface area contributed by atoms with Gasteiger partial charge in [-0.05, 0) is 99.2 Å². The molecule has 2 atom stereocenters. The number of carbonyl (C=O) groups excluding carboxylic acids is 6. The molecular formula is C50H42Br2N4O6. The van der Waals surface area contributed by atoms with Gasteiger partial charge in [0, 0.05) is 81.6 Å². The van der Waals surface area contributed by atoms with Crippen molar-refractivity contribution in [2.24, 2.45) is 0 Å². The number of hydrogen-bond acceptors (Lipinski definition) is 8. The van der Waals surface area contributed by atoms with Gasteiger partial charge in [0.05, 0.1) is 11.1 Å². The number of rotatable bonds is 4. The van der Waals surface area contributed by atoms with Crippen molar-refractivity contribution >= 4 is 78.4 Å². The predicted molar refractivity (Wildman–Crippen MR) is 242 cm³/mol. The highest BCUT2D eigenvalue weighted by Gasteiger charge is 2.52. The molecule has 0 saturated carbocycles. The van der Waals surface area contributed by atoms with Crippen molar-refractivity contribution in [2.45, 2.75) is 64.2 Å². The number of aryl methyl sites for hydroxylation is 2. The van der Waals surface area contributed by atoms with Crippen LogP contribution < -0.4 is 9.80 Å². The molecule has 0 spiro atoms. The maximum atomic E-state index is 13.3. The molecule has 0 saturated heterocycles. The zero-order valence-corrected chi connectivity index (χ0v) is 37.8. The molecule has 4 amide bonds. The second kappa shape index (κ2) is 16.0. The Kier molecular flexibility index (Phi) is 10.7. The number of ketones is 2. The number of likely N-dealkylation sites (N-methyl/N-ethyl adjacent to an activating group) is 2. The molecule has 4 aromatic carbocycles. The Labute approximate surface area is 376 Å². The van der Waals surface area contributed by atoms with Crippen molar-refractivity contribution in [2.75, 3.05) is 23.9 Å². The molecule has 0 unspecified atom stereocenters. The molecule has 4 heterocycles. The Morgan fingerprint density at radius 3 is 1.11 bits per heavy atom. The fourth-order valence-corrected chi connectivity index (χ4v) is 10.1. The molecule has 0 fully saturated rings. The SMILES string of the molecule is Cc1ccc([C@@H]2C3=C(CCCC3=O)N(c3ccc(Br)cc3)C3=C2C(=O)N(C)C3=O)cc1.Cc1ccc([C@H]2C3=C(CCCC3=O)N(c3ccc(Br)cc3)C3=C2C(=O)N(C)C3=O)cc1. The van der Waals surface area contributed by atoms with E-state index < -0.39 is 11.8 Å². The number of amides is 4. The summed E-state index contributed by atoms with van der Waals surface area (Å²) in [4.78, 5) is 85.7. The minimum atomic E-state index is -0.522. The van der Waals surface area contributed by atoms with Crippen LogP contribution in [0.4, 0.5) is 11.4 Å². The van der Waals surface area contributed by atoms with E-state index in [0.717, 1.165) is 66.8 Å². The smallest absolute Gasteiger partial charge is 0.277 e. The van der Waals surface area contributed by atoms with Gasteiger partial charge in [0.25, 0.3) is 23.6 Å². The van der Waals surface area contributed by atoms with Gasteiger partial charge >= 0.3 is 0 Å². The van der Waals surface area contributed by atoms with Crippen LogP contribution in [0.25, 0.3) is 0 Å². The van der Waals surface area contributed by atoms with Crippen LogP contribution >= 0.6 is 31.9 Å². The standard InChI is InChI=1S/2C25H21BrN2O3/c2*1-14-6-8-15(9-7-14)20-21-18(4-3-5-19(21)29)28(17-12-10-16(26)11-13-17)23-22(20)24(30)27(2)25(23)31/h2*6-13,20H,3-5H2,1-2H3/t2*20-/m10/s1. The lowest BCUT2D eigenvalue weighted by Gasteiger charge is -2.39. The van der Waals surface area contributed by atoms with Crippen LogP contribution in [-0.2, 0) is 28.8 Å². The first-order chi connectivity index (χ1) is 29.8. The summed E-state index contributed by atoms with van der Waals surface area (Å²) in [6, 6.07) is 31.0. The molecule has 4 aromatic rings. The van der Waals surface area contributed by atoms with Gasteiger partial charge in [0.15, 0.2) is 11.6 Å². The lowest BCUT2D eigenvalue weighted by molar-refractivity contribution is -0.137. The van der Waals surface area contributed by atoms with Crippen LogP contribution in [-0.4, -0.2) is 59.1 Å². The Bertz CT molecular complexity index is 2580. The van der Waals surface area contributed by atoms with E-state index in [1.807, 2.05) is 121 Å². The molecule has 62 heavy (non-hydrogen) atoms. The normalized spacial score (nSPS) is 21.1. The number of nitrogens with zero attached hydrogens (tertiary/aromatic N) is 4. The van der Waals surface area contributed by atoms with Gasteiger partial charge in [-0.15, -0.1) is 0 Å². The Hall–Kier alpha value is -5.98. The van der Waals surface area contributed by atoms with Crippen LogP contribution in [0.1, 0.15) is 72.6 Å². The number of anilines is 2. The van der Waals surface area contributed by atoms with Gasteiger partial charge in [-0.1, -0.05) is 91.5 Å². The molecule has 6 aliphatic rings. The van der Waals surface area contributed by atoms with Crippen molar-refractivity contribution in [3.8, 4) is 0 Å². The number of imide groups is 2. The second-order valence-electron chi connectivity index (χ2n) is 16.4. The third kappa shape index (κ3) is 6.75. The zero-order chi connectivity index (χ0) is 43.7. The maximum absolute atomic E-state index is 13.3. The molecule has 0 bridgehead atoms. The summed E-state index contributed by atoms with van der Waals surface area (Å²) >= 11 is 6.91.